The number of piperidine rings is 1. The van der Waals surface area contributed by atoms with E-state index in [9.17, 15) is 22.8 Å². The molecule has 0 aliphatic carbocycles. The Bertz CT molecular complexity index is 912. The summed E-state index contributed by atoms with van der Waals surface area (Å²) in [5.74, 6) is 0.121. The van der Waals surface area contributed by atoms with Crippen molar-refractivity contribution >= 4 is 23.2 Å². The molecule has 2 aromatic rings. The van der Waals surface area contributed by atoms with Crippen LogP contribution in [-0.4, -0.2) is 29.8 Å². The maximum Gasteiger partial charge on any atom is 0.416 e. The lowest BCUT2D eigenvalue weighted by atomic mass is 9.93. The van der Waals surface area contributed by atoms with E-state index >= 15 is 0 Å². The summed E-state index contributed by atoms with van der Waals surface area (Å²) in [5.41, 5.74) is 1.58. The number of amides is 2. The minimum Gasteiger partial charge on any atom is -0.326 e. The van der Waals surface area contributed by atoms with Crippen molar-refractivity contribution in [2.24, 2.45) is 5.92 Å². The summed E-state index contributed by atoms with van der Waals surface area (Å²) in [6.45, 7) is 4.20. The minimum absolute atomic E-state index is 0.0982. The highest BCUT2D eigenvalue weighted by Gasteiger charge is 2.30. The Hall–Kier alpha value is -2.87. The number of hydrogen-bond acceptors (Lipinski definition) is 3. The molecule has 1 fully saturated rings. The number of carbonyl (C=O) groups excluding carboxylic acids is 2. The second-order valence-electron chi connectivity index (χ2n) is 8.28. The van der Waals surface area contributed by atoms with E-state index in [0.29, 0.717) is 18.0 Å². The standard InChI is InChI=1S/C24H28F3N3O2/c1-17(31)28-21-9-4-19(5-10-21)16-30-14-2-3-18(15-30)6-13-23(32)29-22-11-7-20(8-12-22)24(25,26)27/h4-5,7-12,18H,2-3,6,13-16H2,1H3,(H,28,31)(H,29,32). The van der Waals surface area contributed by atoms with Crippen LogP contribution in [0.25, 0.3) is 0 Å². The van der Waals surface area contributed by atoms with Crippen LogP contribution in [0.1, 0.15) is 43.7 Å². The predicted octanol–water partition coefficient (Wildman–Crippen LogP) is 5.29. The van der Waals surface area contributed by atoms with E-state index < -0.39 is 11.7 Å². The van der Waals surface area contributed by atoms with Crippen molar-refractivity contribution in [2.45, 2.75) is 45.3 Å². The van der Waals surface area contributed by atoms with Crippen LogP contribution in [0, 0.1) is 5.92 Å². The largest absolute Gasteiger partial charge is 0.416 e. The van der Waals surface area contributed by atoms with E-state index in [1.54, 1.807) is 0 Å². The monoisotopic (exact) mass is 447 g/mol. The van der Waals surface area contributed by atoms with Gasteiger partial charge in [0.25, 0.3) is 0 Å². The van der Waals surface area contributed by atoms with Gasteiger partial charge in [-0.3, -0.25) is 14.5 Å². The summed E-state index contributed by atoms with van der Waals surface area (Å²) < 4.78 is 37.9. The van der Waals surface area contributed by atoms with E-state index in [-0.39, 0.29) is 11.8 Å². The molecule has 0 aromatic heterocycles. The number of rotatable bonds is 7. The molecular weight excluding hydrogens is 419 g/mol. The van der Waals surface area contributed by atoms with Crippen molar-refractivity contribution in [3.05, 3.63) is 59.7 Å². The zero-order chi connectivity index (χ0) is 23.1. The molecule has 5 nitrogen and oxygen atoms in total. The molecule has 8 heteroatoms. The third-order valence-corrected chi connectivity index (χ3v) is 5.56. The molecule has 1 unspecified atom stereocenters. The van der Waals surface area contributed by atoms with Gasteiger partial charge in [-0.2, -0.15) is 13.2 Å². The highest BCUT2D eigenvalue weighted by atomic mass is 19.4. The zero-order valence-electron chi connectivity index (χ0n) is 18.0. The summed E-state index contributed by atoms with van der Waals surface area (Å²) >= 11 is 0. The Morgan fingerprint density at radius 1 is 1.00 bits per heavy atom. The molecule has 172 valence electrons. The van der Waals surface area contributed by atoms with Gasteiger partial charge >= 0.3 is 6.18 Å². The van der Waals surface area contributed by atoms with E-state index in [4.69, 9.17) is 0 Å². The Kier molecular flexibility index (Phi) is 7.90. The number of anilines is 2. The number of alkyl halides is 3. The van der Waals surface area contributed by atoms with Gasteiger partial charge < -0.3 is 10.6 Å². The minimum atomic E-state index is -4.39. The van der Waals surface area contributed by atoms with Crippen molar-refractivity contribution in [3.63, 3.8) is 0 Å². The quantitative estimate of drug-likeness (QED) is 0.606. The summed E-state index contributed by atoms with van der Waals surface area (Å²) in [5, 5.41) is 5.44. The third kappa shape index (κ3) is 7.37. The second kappa shape index (κ2) is 10.6. The molecule has 32 heavy (non-hydrogen) atoms. The van der Waals surface area contributed by atoms with Crippen LogP contribution in [0.2, 0.25) is 0 Å². The molecule has 0 saturated carbocycles. The number of carbonyl (C=O) groups is 2. The lowest BCUT2D eigenvalue weighted by Crippen LogP contribution is -2.35. The van der Waals surface area contributed by atoms with Gasteiger partial charge in [0.2, 0.25) is 11.8 Å². The van der Waals surface area contributed by atoms with E-state index in [0.717, 1.165) is 56.7 Å². The second-order valence-corrected chi connectivity index (χ2v) is 8.28. The third-order valence-electron chi connectivity index (χ3n) is 5.56. The van der Waals surface area contributed by atoms with Crippen LogP contribution >= 0.6 is 0 Å². The van der Waals surface area contributed by atoms with Crippen LogP contribution in [0.4, 0.5) is 24.5 Å². The Balaban J connectivity index is 1.43. The van der Waals surface area contributed by atoms with Crippen LogP contribution in [-0.2, 0) is 22.3 Å². The van der Waals surface area contributed by atoms with Crippen molar-refractivity contribution in [1.82, 2.24) is 4.90 Å². The summed E-state index contributed by atoms with van der Waals surface area (Å²) in [6.07, 6.45) is -1.18. The number of halogens is 3. The fraction of sp³-hybridized carbons (Fsp3) is 0.417. The molecule has 0 radical (unpaired) electrons. The average Bonchev–Trinajstić information content (AvgIpc) is 2.73. The van der Waals surface area contributed by atoms with E-state index in [1.807, 2.05) is 24.3 Å². The van der Waals surface area contributed by atoms with Crippen molar-refractivity contribution in [1.29, 1.82) is 0 Å². The van der Waals surface area contributed by atoms with E-state index in [1.165, 1.54) is 24.6 Å². The molecule has 1 heterocycles. The van der Waals surface area contributed by atoms with Crippen LogP contribution in [0.3, 0.4) is 0 Å². The average molecular weight is 448 g/mol. The van der Waals surface area contributed by atoms with Crippen molar-refractivity contribution < 1.29 is 22.8 Å². The number of benzene rings is 2. The first-order valence-corrected chi connectivity index (χ1v) is 10.7. The smallest absolute Gasteiger partial charge is 0.326 e. The number of likely N-dealkylation sites (tertiary alicyclic amines) is 1. The zero-order valence-corrected chi connectivity index (χ0v) is 18.0. The highest BCUT2D eigenvalue weighted by molar-refractivity contribution is 5.90. The molecule has 1 aliphatic heterocycles. The highest BCUT2D eigenvalue weighted by Crippen LogP contribution is 2.30. The SMILES string of the molecule is CC(=O)Nc1ccc(CN2CCCC(CCC(=O)Nc3ccc(C(F)(F)F)cc3)C2)cc1. The number of nitrogens with one attached hydrogen (secondary N) is 2. The molecule has 0 spiro atoms. The summed E-state index contributed by atoms with van der Waals surface area (Å²) in [7, 11) is 0. The molecule has 0 bridgehead atoms. The molecule has 2 amide bonds. The molecular formula is C24H28F3N3O2. The van der Waals surface area contributed by atoms with Gasteiger partial charge in [0, 0.05) is 37.8 Å². The molecule has 2 N–H and O–H groups in total. The molecule has 2 aromatic carbocycles. The molecule has 1 saturated heterocycles. The Morgan fingerprint density at radius 2 is 1.62 bits per heavy atom. The van der Waals surface area contributed by atoms with Gasteiger partial charge in [0.1, 0.15) is 0 Å². The van der Waals surface area contributed by atoms with Gasteiger partial charge in [0.15, 0.2) is 0 Å². The lowest BCUT2D eigenvalue weighted by molar-refractivity contribution is -0.137. The topological polar surface area (TPSA) is 61.4 Å². The Labute approximate surface area is 186 Å². The maximum atomic E-state index is 12.6. The van der Waals surface area contributed by atoms with Crippen molar-refractivity contribution in [3.8, 4) is 0 Å². The van der Waals surface area contributed by atoms with Crippen LogP contribution in [0.5, 0.6) is 0 Å². The predicted molar refractivity (Wildman–Crippen MR) is 118 cm³/mol. The van der Waals surface area contributed by atoms with Gasteiger partial charge in [-0.15, -0.1) is 0 Å². The van der Waals surface area contributed by atoms with E-state index in [2.05, 4.69) is 15.5 Å². The first-order valence-electron chi connectivity index (χ1n) is 10.7. The molecule has 3 rings (SSSR count). The number of nitrogens with zero attached hydrogens (tertiary/aromatic N) is 1. The van der Waals surface area contributed by atoms with Gasteiger partial charge in [-0.1, -0.05) is 12.1 Å². The van der Waals surface area contributed by atoms with Gasteiger partial charge in [-0.05, 0) is 73.7 Å². The normalized spacial score (nSPS) is 17.1. The molecule has 1 atom stereocenters. The molecule has 1 aliphatic rings. The van der Waals surface area contributed by atoms with Crippen LogP contribution < -0.4 is 10.6 Å². The summed E-state index contributed by atoms with van der Waals surface area (Å²) in [6, 6.07) is 12.3. The lowest BCUT2D eigenvalue weighted by Gasteiger charge is -2.32. The van der Waals surface area contributed by atoms with Gasteiger partial charge in [0.05, 0.1) is 5.56 Å². The summed E-state index contributed by atoms with van der Waals surface area (Å²) in [4.78, 5) is 25.7. The first-order chi connectivity index (χ1) is 15.2. The first kappa shape index (κ1) is 23.8. The Morgan fingerprint density at radius 3 is 2.25 bits per heavy atom. The maximum absolute atomic E-state index is 12.6. The van der Waals surface area contributed by atoms with Gasteiger partial charge in [-0.25, -0.2) is 0 Å². The fourth-order valence-corrected chi connectivity index (χ4v) is 3.99. The van der Waals surface area contributed by atoms with Crippen molar-refractivity contribution in [2.75, 3.05) is 23.7 Å². The number of hydrogen-bond donors (Lipinski definition) is 2. The fourth-order valence-electron chi connectivity index (χ4n) is 3.99. The van der Waals surface area contributed by atoms with Crippen LogP contribution in [0.15, 0.2) is 48.5 Å².